The normalized spacial score (nSPS) is 35.6. The Morgan fingerprint density at radius 1 is 1.32 bits per heavy atom. The fourth-order valence-electron chi connectivity index (χ4n) is 5.73. The van der Waals surface area contributed by atoms with E-state index in [4.69, 9.17) is 5.73 Å². The molecule has 4 bridgehead atoms. The van der Waals surface area contributed by atoms with E-state index in [1.54, 1.807) is 6.20 Å². The van der Waals surface area contributed by atoms with Crippen molar-refractivity contribution in [3.63, 3.8) is 0 Å². The van der Waals surface area contributed by atoms with Crippen molar-refractivity contribution in [3.05, 3.63) is 24.0 Å². The van der Waals surface area contributed by atoms with Crippen molar-refractivity contribution in [2.24, 2.45) is 23.5 Å². The van der Waals surface area contributed by atoms with Crippen molar-refractivity contribution < 1.29 is 15.4 Å². The molecular formula is C18H24N4O3. The smallest absolute Gasteiger partial charge is 0.252 e. The first-order valence-corrected chi connectivity index (χ1v) is 8.77. The summed E-state index contributed by atoms with van der Waals surface area (Å²) >= 11 is 0. The molecule has 2 aromatic rings. The number of amides is 1. The van der Waals surface area contributed by atoms with Crippen molar-refractivity contribution >= 4 is 22.6 Å². The molecule has 6 rings (SSSR count). The van der Waals surface area contributed by atoms with E-state index in [1.165, 1.54) is 12.8 Å². The van der Waals surface area contributed by atoms with Gasteiger partial charge in [-0.1, -0.05) is 0 Å². The highest BCUT2D eigenvalue weighted by atomic mass is 16.3. The van der Waals surface area contributed by atoms with Crippen LogP contribution in [0, 0.1) is 17.8 Å². The molecule has 5 atom stereocenters. The summed E-state index contributed by atoms with van der Waals surface area (Å²) < 4.78 is 0. The number of H-pyrrole nitrogens is 1. The zero-order valence-corrected chi connectivity index (χ0v) is 14.0. The van der Waals surface area contributed by atoms with Gasteiger partial charge in [-0.15, -0.1) is 0 Å². The van der Waals surface area contributed by atoms with E-state index < -0.39 is 11.5 Å². The molecule has 0 saturated heterocycles. The third kappa shape index (κ3) is 2.41. The van der Waals surface area contributed by atoms with Gasteiger partial charge in [-0.05, 0) is 55.9 Å². The summed E-state index contributed by atoms with van der Waals surface area (Å²) in [4.78, 5) is 19.3. The minimum absolute atomic E-state index is 0. The zero-order chi connectivity index (χ0) is 16.5. The van der Waals surface area contributed by atoms with Gasteiger partial charge < -0.3 is 26.6 Å². The number of anilines is 1. The number of nitrogens with zero attached hydrogens (tertiary/aromatic N) is 1. The first-order chi connectivity index (χ1) is 11.5. The molecule has 7 heteroatoms. The number of aromatic amines is 1. The molecule has 1 amide bonds. The van der Waals surface area contributed by atoms with Crippen LogP contribution >= 0.6 is 0 Å². The van der Waals surface area contributed by atoms with Crippen LogP contribution in [0.5, 0.6) is 0 Å². The lowest BCUT2D eigenvalue weighted by molar-refractivity contribution is -0.129. The first kappa shape index (κ1) is 16.4. The van der Waals surface area contributed by atoms with Crippen LogP contribution in [0.1, 0.15) is 42.5 Å². The highest BCUT2D eigenvalue weighted by Gasteiger charge is 2.54. The summed E-state index contributed by atoms with van der Waals surface area (Å²) in [5.74, 6) is 1.12. The average molecular weight is 344 g/mol. The molecule has 4 fully saturated rings. The molecule has 7 N–H and O–H groups in total. The minimum atomic E-state index is -0.462. The van der Waals surface area contributed by atoms with E-state index in [0.29, 0.717) is 29.4 Å². The van der Waals surface area contributed by atoms with Crippen molar-refractivity contribution in [3.8, 4) is 0 Å². The number of hydrogen-bond donors (Lipinski definition) is 4. The standard InChI is InChI=1S/C18H22N4O2.H2O/c19-16(23)13-8-21-17-12(1-2-20-17)15(13)22-14-10-3-9-4-11(14)7-18(24,5-9)6-10;/h1-2,8-11,14,24H,3-7H2,(H2,19,23)(H2,20,21,22);1H2/t9?,10-,11+,14?,18?;. The Hall–Kier alpha value is -2.12. The molecule has 25 heavy (non-hydrogen) atoms. The number of pyridine rings is 1. The SMILES string of the molecule is NC(=O)c1cnc2[nH]ccc2c1NC1[C@@H]2CC3C[C@H]1CC(O)(C3)C2.O. The average Bonchev–Trinajstić information content (AvgIpc) is 2.97. The molecule has 2 aromatic heterocycles. The van der Waals surface area contributed by atoms with Crippen molar-refractivity contribution in [2.75, 3.05) is 5.32 Å². The number of aromatic nitrogens is 2. The van der Waals surface area contributed by atoms with Gasteiger partial charge in [-0.3, -0.25) is 4.79 Å². The maximum Gasteiger partial charge on any atom is 0.252 e. The fraction of sp³-hybridized carbons (Fsp3) is 0.556. The summed E-state index contributed by atoms with van der Waals surface area (Å²) in [6.45, 7) is 0. The van der Waals surface area contributed by atoms with Crippen LogP contribution in [0.4, 0.5) is 5.69 Å². The van der Waals surface area contributed by atoms with Gasteiger partial charge in [0.15, 0.2) is 0 Å². The summed E-state index contributed by atoms with van der Waals surface area (Å²) in [6.07, 6.45) is 8.42. The molecule has 134 valence electrons. The second kappa shape index (κ2) is 5.44. The minimum Gasteiger partial charge on any atom is -0.412 e. The Bertz CT molecular complexity index is 817. The van der Waals surface area contributed by atoms with Crippen LogP contribution in [0.3, 0.4) is 0 Å². The van der Waals surface area contributed by atoms with Crippen molar-refractivity contribution in [2.45, 2.75) is 43.7 Å². The lowest BCUT2D eigenvalue weighted by Gasteiger charge is -2.58. The molecular weight excluding hydrogens is 320 g/mol. The third-order valence-electron chi connectivity index (χ3n) is 6.40. The number of rotatable bonds is 3. The van der Waals surface area contributed by atoms with Gasteiger partial charge in [-0.25, -0.2) is 4.98 Å². The Morgan fingerprint density at radius 3 is 2.68 bits per heavy atom. The van der Waals surface area contributed by atoms with E-state index >= 15 is 0 Å². The molecule has 0 aliphatic heterocycles. The Kier molecular flexibility index (Phi) is 3.56. The number of carbonyl (C=O) groups is 1. The van der Waals surface area contributed by atoms with Crippen molar-refractivity contribution in [1.82, 2.24) is 9.97 Å². The lowest BCUT2D eigenvalue weighted by Crippen LogP contribution is -2.59. The number of fused-ring (bicyclic) bond motifs is 1. The van der Waals surface area contributed by atoms with Gasteiger partial charge in [0, 0.05) is 23.8 Å². The zero-order valence-electron chi connectivity index (χ0n) is 14.0. The van der Waals surface area contributed by atoms with Gasteiger partial charge in [-0.2, -0.15) is 0 Å². The molecule has 3 unspecified atom stereocenters. The van der Waals surface area contributed by atoms with E-state index in [0.717, 1.165) is 36.0 Å². The molecule has 7 nitrogen and oxygen atoms in total. The monoisotopic (exact) mass is 344 g/mol. The predicted molar refractivity (Wildman–Crippen MR) is 94.1 cm³/mol. The highest BCUT2D eigenvalue weighted by molar-refractivity contribution is 6.06. The lowest BCUT2D eigenvalue weighted by atomic mass is 9.52. The van der Waals surface area contributed by atoms with E-state index in [9.17, 15) is 9.90 Å². The second-order valence-electron chi connectivity index (χ2n) is 8.02. The topological polar surface area (TPSA) is 136 Å². The predicted octanol–water partition coefficient (Wildman–Crippen LogP) is 1.19. The van der Waals surface area contributed by atoms with Crippen LogP contribution in [-0.4, -0.2) is 38.1 Å². The number of nitrogens with two attached hydrogens (primary N) is 1. The molecule has 4 aliphatic rings. The second-order valence-corrected chi connectivity index (χ2v) is 8.02. The van der Waals surface area contributed by atoms with E-state index in [1.807, 2.05) is 12.3 Å². The Balaban J connectivity index is 0.00000157. The summed E-state index contributed by atoms with van der Waals surface area (Å²) in [5, 5.41) is 15.3. The van der Waals surface area contributed by atoms with E-state index in [2.05, 4.69) is 15.3 Å². The van der Waals surface area contributed by atoms with Gasteiger partial charge in [0.25, 0.3) is 5.91 Å². The van der Waals surface area contributed by atoms with Gasteiger partial charge >= 0.3 is 0 Å². The molecule has 4 aliphatic carbocycles. The number of hydrogen-bond acceptors (Lipinski definition) is 4. The van der Waals surface area contributed by atoms with Crippen LogP contribution < -0.4 is 11.1 Å². The summed E-state index contributed by atoms with van der Waals surface area (Å²) in [6, 6.07) is 2.22. The van der Waals surface area contributed by atoms with Gasteiger partial charge in [0.2, 0.25) is 0 Å². The maximum atomic E-state index is 11.9. The van der Waals surface area contributed by atoms with Crippen LogP contribution in [0.15, 0.2) is 18.5 Å². The Labute approximate surface area is 145 Å². The number of aliphatic hydroxyl groups is 1. The fourth-order valence-corrected chi connectivity index (χ4v) is 5.73. The number of carbonyl (C=O) groups excluding carboxylic acids is 1. The molecule has 0 radical (unpaired) electrons. The first-order valence-electron chi connectivity index (χ1n) is 8.77. The molecule has 4 saturated carbocycles. The van der Waals surface area contributed by atoms with Crippen LogP contribution in [-0.2, 0) is 0 Å². The van der Waals surface area contributed by atoms with Gasteiger partial charge in [0.1, 0.15) is 5.65 Å². The molecule has 0 spiro atoms. The van der Waals surface area contributed by atoms with Crippen LogP contribution in [0.2, 0.25) is 0 Å². The van der Waals surface area contributed by atoms with Gasteiger partial charge in [0.05, 0.1) is 16.9 Å². The molecule has 2 heterocycles. The third-order valence-corrected chi connectivity index (χ3v) is 6.40. The molecule has 0 aromatic carbocycles. The van der Waals surface area contributed by atoms with Crippen LogP contribution in [0.25, 0.3) is 11.0 Å². The highest BCUT2D eigenvalue weighted by Crippen LogP contribution is 2.56. The number of primary amides is 1. The summed E-state index contributed by atoms with van der Waals surface area (Å²) in [7, 11) is 0. The Morgan fingerprint density at radius 2 is 2.04 bits per heavy atom. The van der Waals surface area contributed by atoms with E-state index in [-0.39, 0.29) is 5.48 Å². The number of nitrogens with one attached hydrogen (secondary N) is 2. The quantitative estimate of drug-likeness (QED) is 0.665. The largest absolute Gasteiger partial charge is 0.412 e. The summed E-state index contributed by atoms with van der Waals surface area (Å²) in [5.41, 5.74) is 7.10. The van der Waals surface area contributed by atoms with Crippen molar-refractivity contribution in [1.29, 1.82) is 0 Å². The maximum absolute atomic E-state index is 11.9.